The molecule has 1 saturated heterocycles. The number of thiocarbonyl (C=S) groups is 1. The Morgan fingerprint density at radius 2 is 2.00 bits per heavy atom. The highest BCUT2D eigenvalue weighted by molar-refractivity contribution is 7.80. The van der Waals surface area contributed by atoms with Crippen molar-refractivity contribution in [3.63, 3.8) is 0 Å². The van der Waals surface area contributed by atoms with Crippen LogP contribution in [0.3, 0.4) is 0 Å². The number of rotatable bonds is 5. The van der Waals surface area contributed by atoms with Crippen molar-refractivity contribution in [2.45, 2.75) is 13.3 Å². The molecule has 1 fully saturated rings. The molecule has 1 aromatic carbocycles. The molecule has 2 rings (SSSR count). The number of halogens is 1. The molecule has 1 aliphatic heterocycles. The highest BCUT2D eigenvalue weighted by Crippen LogP contribution is 2.19. The molecule has 1 heterocycles. The highest BCUT2D eigenvalue weighted by atomic mass is 35.5. The minimum absolute atomic E-state index is 0.665. The largest absolute Gasteiger partial charge is 0.362 e. The fourth-order valence-electron chi connectivity index (χ4n) is 2.67. The van der Waals surface area contributed by atoms with Crippen molar-refractivity contribution in [1.82, 2.24) is 5.32 Å². The second-order valence-corrected chi connectivity index (χ2v) is 6.97. The molecule has 4 nitrogen and oxygen atoms in total. The summed E-state index contributed by atoms with van der Waals surface area (Å²) in [4.78, 5) is 3.38. The van der Waals surface area contributed by atoms with Crippen LogP contribution in [0.1, 0.15) is 12.0 Å². The Kier molecular flexibility index (Phi) is 6.89. The number of hydrogen-bond donors (Lipinski definition) is 4. The van der Waals surface area contributed by atoms with Crippen LogP contribution >= 0.6 is 23.8 Å². The maximum atomic E-state index is 6.11. The van der Waals surface area contributed by atoms with Gasteiger partial charge in [-0.2, -0.15) is 0 Å². The monoisotopic (exact) mass is 342 g/mol. The molecule has 1 aliphatic rings. The molecule has 0 aliphatic carbocycles. The lowest BCUT2D eigenvalue weighted by Crippen LogP contribution is -3.27. The lowest BCUT2D eigenvalue weighted by atomic mass is 10.2. The number of hydrogen-bond acceptors (Lipinski definition) is 1. The quantitative estimate of drug-likeness (QED) is 0.439. The van der Waals surface area contributed by atoms with Crippen molar-refractivity contribution in [2.24, 2.45) is 0 Å². The maximum Gasteiger partial charge on any atom is 0.170 e. The minimum atomic E-state index is 0.665. The molecule has 6 heteroatoms. The first-order valence-corrected chi connectivity index (χ1v) is 8.79. The predicted molar refractivity (Wildman–Crippen MR) is 97.2 cm³/mol. The second-order valence-electron chi connectivity index (χ2n) is 6.16. The molecule has 0 radical (unpaired) electrons. The summed E-state index contributed by atoms with van der Waals surface area (Å²) in [6, 6.07) is 5.89. The Hall–Kier alpha value is -0.880. The number of piperazine rings is 1. The summed E-state index contributed by atoms with van der Waals surface area (Å²) in [7, 11) is 2.28. The SMILES string of the molecule is Cc1ccc(NC(=S)NCCC[NH+]2CC[NH+](C)CC2)cc1Cl. The van der Waals surface area contributed by atoms with E-state index in [0.29, 0.717) is 5.11 Å². The van der Waals surface area contributed by atoms with Crippen LogP contribution in [0.4, 0.5) is 5.69 Å². The van der Waals surface area contributed by atoms with E-state index in [1.54, 1.807) is 9.80 Å². The Balaban J connectivity index is 1.62. The number of aryl methyl sites for hydroxylation is 1. The molecule has 0 amide bonds. The van der Waals surface area contributed by atoms with Crippen molar-refractivity contribution >= 4 is 34.6 Å². The van der Waals surface area contributed by atoms with E-state index >= 15 is 0 Å². The molecule has 0 bridgehead atoms. The minimum Gasteiger partial charge on any atom is -0.362 e. The molecule has 0 aromatic heterocycles. The van der Waals surface area contributed by atoms with Crippen molar-refractivity contribution in [3.8, 4) is 0 Å². The summed E-state index contributed by atoms with van der Waals surface area (Å²) in [5.74, 6) is 0. The standard InChI is InChI=1S/C16H25ClN4S/c1-13-4-5-14(12-15(13)17)19-16(22)18-6-3-7-21-10-8-20(2)9-11-21/h4-5,12H,3,6-11H2,1-2H3,(H2,18,19,22)/p+2. The van der Waals surface area contributed by atoms with Gasteiger partial charge in [0.05, 0.1) is 13.6 Å². The zero-order valence-corrected chi connectivity index (χ0v) is 15.0. The average molecular weight is 343 g/mol. The molecular weight excluding hydrogens is 316 g/mol. The first kappa shape index (κ1) is 17.5. The van der Waals surface area contributed by atoms with Crippen LogP contribution in [0.25, 0.3) is 0 Å². The van der Waals surface area contributed by atoms with Gasteiger partial charge in [-0.05, 0) is 36.8 Å². The molecule has 4 N–H and O–H groups in total. The zero-order valence-electron chi connectivity index (χ0n) is 13.5. The molecule has 122 valence electrons. The number of benzene rings is 1. The topological polar surface area (TPSA) is 32.9 Å². The van der Waals surface area contributed by atoms with E-state index in [-0.39, 0.29) is 0 Å². The molecule has 0 unspecified atom stereocenters. The third kappa shape index (κ3) is 5.72. The summed E-state index contributed by atoms with van der Waals surface area (Å²) in [5, 5.41) is 7.87. The average Bonchev–Trinajstić information content (AvgIpc) is 2.49. The van der Waals surface area contributed by atoms with Crippen molar-refractivity contribution < 1.29 is 9.80 Å². The molecule has 1 aromatic rings. The zero-order chi connectivity index (χ0) is 15.9. The normalized spacial score (nSPS) is 21.4. The predicted octanol–water partition coefficient (Wildman–Crippen LogP) is -0.262. The van der Waals surface area contributed by atoms with Gasteiger partial charge in [0.25, 0.3) is 0 Å². The fraction of sp³-hybridized carbons (Fsp3) is 0.562. The van der Waals surface area contributed by atoms with Crippen molar-refractivity contribution in [1.29, 1.82) is 0 Å². The first-order chi connectivity index (χ1) is 10.5. The van der Waals surface area contributed by atoms with Crippen molar-refractivity contribution in [3.05, 3.63) is 28.8 Å². The molecule has 22 heavy (non-hydrogen) atoms. The van der Waals surface area contributed by atoms with E-state index < -0.39 is 0 Å². The van der Waals surface area contributed by atoms with Gasteiger partial charge in [-0.3, -0.25) is 0 Å². The summed E-state index contributed by atoms with van der Waals surface area (Å²) in [6.45, 7) is 9.28. The van der Waals surface area contributed by atoms with Gasteiger partial charge >= 0.3 is 0 Å². The second kappa shape index (κ2) is 8.67. The fourth-order valence-corrected chi connectivity index (χ4v) is 3.07. The Morgan fingerprint density at radius 1 is 1.27 bits per heavy atom. The van der Waals surface area contributed by atoms with Gasteiger partial charge in [0.1, 0.15) is 26.2 Å². The van der Waals surface area contributed by atoms with Crippen molar-refractivity contribution in [2.75, 3.05) is 51.6 Å². The van der Waals surface area contributed by atoms with Crippen LogP contribution in [0.2, 0.25) is 5.02 Å². The Bertz CT molecular complexity index is 501. The molecule has 0 spiro atoms. The Morgan fingerprint density at radius 3 is 2.68 bits per heavy atom. The number of quaternary nitrogens is 2. The lowest BCUT2D eigenvalue weighted by Gasteiger charge is -2.27. The van der Waals surface area contributed by atoms with Gasteiger partial charge in [0, 0.05) is 23.7 Å². The van der Waals surface area contributed by atoms with Gasteiger partial charge in [-0.15, -0.1) is 0 Å². The van der Waals surface area contributed by atoms with Gasteiger partial charge in [-0.25, -0.2) is 0 Å². The maximum absolute atomic E-state index is 6.11. The van der Waals surface area contributed by atoms with Crippen LogP contribution in [-0.2, 0) is 0 Å². The van der Waals surface area contributed by atoms with E-state index in [2.05, 4.69) is 17.7 Å². The number of anilines is 1. The van der Waals surface area contributed by atoms with Gasteiger partial charge in [0.15, 0.2) is 5.11 Å². The summed E-state index contributed by atoms with van der Waals surface area (Å²) in [5.41, 5.74) is 2.00. The van der Waals surface area contributed by atoms with Crippen LogP contribution in [0.5, 0.6) is 0 Å². The van der Waals surface area contributed by atoms with Crippen LogP contribution in [-0.4, -0.2) is 51.4 Å². The lowest BCUT2D eigenvalue weighted by molar-refractivity contribution is -1.00. The molecule has 0 saturated carbocycles. The molecule has 0 atom stereocenters. The summed E-state index contributed by atoms with van der Waals surface area (Å²) in [6.07, 6.45) is 1.14. The third-order valence-corrected chi connectivity index (χ3v) is 4.89. The van der Waals surface area contributed by atoms with E-state index in [1.807, 2.05) is 25.1 Å². The summed E-state index contributed by atoms with van der Waals surface area (Å²) < 4.78 is 0. The molecular formula is C16H27ClN4S+2. The van der Waals surface area contributed by atoms with E-state index in [4.69, 9.17) is 23.8 Å². The van der Waals surface area contributed by atoms with Gasteiger partial charge < -0.3 is 20.4 Å². The third-order valence-electron chi connectivity index (χ3n) is 4.23. The van der Waals surface area contributed by atoms with E-state index in [1.165, 1.54) is 32.7 Å². The first-order valence-electron chi connectivity index (χ1n) is 8.00. The van der Waals surface area contributed by atoms with Crippen LogP contribution < -0.4 is 20.4 Å². The smallest absolute Gasteiger partial charge is 0.170 e. The number of nitrogens with one attached hydrogen (secondary N) is 4. The number of likely N-dealkylation sites (N-methyl/N-ethyl adjacent to an activating group) is 1. The van der Waals surface area contributed by atoms with E-state index in [0.717, 1.165) is 29.2 Å². The highest BCUT2D eigenvalue weighted by Gasteiger charge is 2.18. The van der Waals surface area contributed by atoms with Gasteiger partial charge in [-0.1, -0.05) is 17.7 Å². The van der Waals surface area contributed by atoms with Crippen LogP contribution in [0.15, 0.2) is 18.2 Å². The van der Waals surface area contributed by atoms with Gasteiger partial charge in [0.2, 0.25) is 0 Å². The summed E-state index contributed by atoms with van der Waals surface area (Å²) >= 11 is 11.4. The van der Waals surface area contributed by atoms with E-state index in [9.17, 15) is 0 Å². The Labute approximate surface area is 143 Å². The van der Waals surface area contributed by atoms with Crippen LogP contribution in [0, 0.1) is 6.92 Å².